The highest BCUT2D eigenvalue weighted by atomic mass is 16.6. The van der Waals surface area contributed by atoms with Gasteiger partial charge in [-0.2, -0.15) is 0 Å². The molecule has 0 aliphatic carbocycles. The predicted molar refractivity (Wildman–Crippen MR) is 80.6 cm³/mol. The van der Waals surface area contributed by atoms with Crippen LogP contribution in [-0.2, 0) is 27.4 Å². The monoisotopic (exact) mass is 320 g/mol. The van der Waals surface area contributed by atoms with Crippen molar-refractivity contribution >= 4 is 18.0 Å². The third kappa shape index (κ3) is 3.85. The van der Waals surface area contributed by atoms with Crippen molar-refractivity contribution in [3.63, 3.8) is 0 Å². The molecule has 0 radical (unpaired) electrons. The van der Waals surface area contributed by atoms with Gasteiger partial charge in [0.25, 0.3) is 5.91 Å². The Labute approximate surface area is 134 Å². The van der Waals surface area contributed by atoms with Crippen LogP contribution in [0.5, 0.6) is 0 Å². The number of ether oxygens (including phenoxy) is 2. The number of rotatable bonds is 2. The average Bonchev–Trinajstić information content (AvgIpc) is 2.73. The lowest BCUT2D eigenvalue weighted by Crippen LogP contribution is -2.37. The van der Waals surface area contributed by atoms with Gasteiger partial charge >= 0.3 is 12.1 Å². The molecule has 23 heavy (non-hydrogen) atoms. The molecule has 2 amide bonds. The highest BCUT2D eigenvalue weighted by Gasteiger charge is 2.37. The van der Waals surface area contributed by atoms with Gasteiger partial charge in [0.15, 0.2) is 0 Å². The minimum absolute atomic E-state index is 0.0107. The molecule has 0 saturated heterocycles. The Morgan fingerprint density at radius 2 is 2.00 bits per heavy atom. The van der Waals surface area contributed by atoms with E-state index < -0.39 is 23.6 Å². The van der Waals surface area contributed by atoms with E-state index in [1.54, 1.807) is 26.8 Å². The maximum absolute atomic E-state index is 12.4. The molecule has 2 rings (SSSR count). The summed E-state index contributed by atoms with van der Waals surface area (Å²) in [6.45, 7) is 8.45. The molecule has 0 bridgehead atoms. The second-order valence-corrected chi connectivity index (χ2v) is 6.41. The van der Waals surface area contributed by atoms with E-state index in [1.807, 2.05) is 6.92 Å². The first-order valence-electron chi connectivity index (χ1n) is 7.26. The van der Waals surface area contributed by atoms with Gasteiger partial charge in [0.1, 0.15) is 17.9 Å². The van der Waals surface area contributed by atoms with Gasteiger partial charge in [-0.05, 0) is 39.3 Å². The van der Waals surface area contributed by atoms with Crippen molar-refractivity contribution in [1.29, 1.82) is 0 Å². The van der Waals surface area contributed by atoms with E-state index in [9.17, 15) is 14.4 Å². The second-order valence-electron chi connectivity index (χ2n) is 6.41. The molecule has 1 aromatic heterocycles. The Morgan fingerprint density at radius 1 is 1.35 bits per heavy atom. The number of hydrogen-bond donors (Lipinski definition) is 0. The minimum atomic E-state index is -0.693. The molecule has 0 spiro atoms. The number of pyridine rings is 1. The first kappa shape index (κ1) is 16.9. The summed E-state index contributed by atoms with van der Waals surface area (Å²) in [4.78, 5) is 40.7. The van der Waals surface area contributed by atoms with E-state index in [0.29, 0.717) is 11.3 Å². The summed E-state index contributed by atoms with van der Waals surface area (Å²) in [6, 6.07) is 1.74. The largest absolute Gasteiger partial charge is 0.459 e. The number of aryl methyl sites for hydroxylation is 1. The quantitative estimate of drug-likeness (QED) is 0.778. The van der Waals surface area contributed by atoms with Crippen LogP contribution in [0.1, 0.15) is 55.0 Å². The van der Waals surface area contributed by atoms with Crippen LogP contribution in [0.2, 0.25) is 0 Å². The minimum Gasteiger partial charge on any atom is -0.459 e. The van der Waals surface area contributed by atoms with Gasteiger partial charge in [-0.25, -0.2) is 14.7 Å². The predicted octanol–water partition coefficient (Wildman–Crippen LogP) is 2.34. The fraction of sp³-hybridized carbons (Fsp3) is 0.500. The van der Waals surface area contributed by atoms with Gasteiger partial charge in [-0.1, -0.05) is 0 Å². The van der Waals surface area contributed by atoms with Crippen molar-refractivity contribution in [2.75, 3.05) is 0 Å². The fourth-order valence-corrected chi connectivity index (χ4v) is 2.22. The lowest BCUT2D eigenvalue weighted by Gasteiger charge is -2.23. The topological polar surface area (TPSA) is 85.8 Å². The van der Waals surface area contributed by atoms with Gasteiger partial charge in [0.2, 0.25) is 0 Å². The number of hydrogen-bond acceptors (Lipinski definition) is 6. The molecule has 1 aromatic rings. The summed E-state index contributed by atoms with van der Waals surface area (Å²) in [5.41, 5.74) is 1.49. The molecule has 2 heterocycles. The van der Waals surface area contributed by atoms with Gasteiger partial charge in [-0.15, -0.1) is 0 Å². The lowest BCUT2D eigenvalue weighted by molar-refractivity contribution is -0.142. The number of carbonyl (C=O) groups excluding carboxylic acids is 3. The Hall–Kier alpha value is -2.44. The third-order valence-electron chi connectivity index (χ3n) is 3.20. The average molecular weight is 320 g/mol. The molecule has 0 aromatic carbocycles. The molecule has 0 unspecified atom stereocenters. The number of aromatic nitrogens is 1. The van der Waals surface area contributed by atoms with E-state index in [4.69, 9.17) is 9.47 Å². The van der Waals surface area contributed by atoms with Crippen LogP contribution in [0.15, 0.2) is 6.07 Å². The molecule has 0 saturated carbocycles. The van der Waals surface area contributed by atoms with Gasteiger partial charge in [-0.3, -0.25) is 9.59 Å². The first-order chi connectivity index (χ1) is 10.6. The molecule has 124 valence electrons. The van der Waals surface area contributed by atoms with Crippen LogP contribution in [0.4, 0.5) is 4.79 Å². The highest BCUT2D eigenvalue weighted by Crippen LogP contribution is 2.26. The van der Waals surface area contributed by atoms with Crippen molar-refractivity contribution in [3.8, 4) is 0 Å². The fourth-order valence-electron chi connectivity index (χ4n) is 2.22. The standard InChI is InChI=1S/C16H20N2O5/c1-9-6-11(8-22-10(2)19)17-13-12(9)7-18(14(13)20)15(21)23-16(3,4)5/h6H,7-8H2,1-5H3. The number of imide groups is 1. The van der Waals surface area contributed by atoms with Crippen LogP contribution < -0.4 is 0 Å². The molecule has 7 heteroatoms. The smallest absolute Gasteiger partial charge is 0.417 e. The number of nitrogens with zero attached hydrogens (tertiary/aromatic N) is 2. The van der Waals surface area contributed by atoms with E-state index in [2.05, 4.69) is 4.98 Å². The maximum atomic E-state index is 12.4. The van der Waals surface area contributed by atoms with E-state index in [0.717, 1.165) is 10.5 Å². The lowest BCUT2D eigenvalue weighted by atomic mass is 10.1. The van der Waals surface area contributed by atoms with Crippen molar-refractivity contribution in [1.82, 2.24) is 9.88 Å². The molecule has 0 atom stereocenters. The second kappa shape index (κ2) is 5.98. The summed E-state index contributed by atoms with van der Waals surface area (Å²) in [5.74, 6) is -0.923. The maximum Gasteiger partial charge on any atom is 0.417 e. The summed E-state index contributed by atoms with van der Waals surface area (Å²) in [5, 5.41) is 0. The number of amides is 2. The Kier molecular flexibility index (Phi) is 4.40. The summed E-state index contributed by atoms with van der Waals surface area (Å²) >= 11 is 0. The summed E-state index contributed by atoms with van der Waals surface area (Å²) in [6.07, 6.45) is -0.693. The number of carbonyl (C=O) groups is 3. The molecular formula is C16H20N2O5. The van der Waals surface area contributed by atoms with Gasteiger partial charge in [0, 0.05) is 12.5 Å². The van der Waals surface area contributed by atoms with Crippen molar-refractivity contribution in [3.05, 3.63) is 28.6 Å². The SMILES string of the molecule is CC(=O)OCc1cc(C)c2c(n1)C(=O)N(C(=O)OC(C)(C)C)C2. The van der Waals surface area contributed by atoms with E-state index in [1.165, 1.54) is 6.92 Å². The highest BCUT2D eigenvalue weighted by molar-refractivity contribution is 6.05. The van der Waals surface area contributed by atoms with Crippen LogP contribution >= 0.6 is 0 Å². The van der Waals surface area contributed by atoms with Crippen LogP contribution in [0.3, 0.4) is 0 Å². The zero-order valence-corrected chi connectivity index (χ0v) is 13.9. The van der Waals surface area contributed by atoms with E-state index >= 15 is 0 Å². The van der Waals surface area contributed by atoms with Crippen LogP contribution in [-0.4, -0.2) is 33.5 Å². The Bertz CT molecular complexity index is 676. The number of fused-ring (bicyclic) bond motifs is 1. The Morgan fingerprint density at radius 3 is 2.57 bits per heavy atom. The first-order valence-corrected chi connectivity index (χ1v) is 7.26. The summed E-state index contributed by atoms with van der Waals surface area (Å²) < 4.78 is 10.1. The molecule has 7 nitrogen and oxygen atoms in total. The molecular weight excluding hydrogens is 300 g/mol. The van der Waals surface area contributed by atoms with Crippen molar-refractivity contribution in [2.24, 2.45) is 0 Å². The molecule has 0 fully saturated rings. The third-order valence-corrected chi connectivity index (χ3v) is 3.20. The van der Waals surface area contributed by atoms with Crippen molar-refractivity contribution in [2.45, 2.75) is 53.4 Å². The Balaban J connectivity index is 2.24. The summed E-state index contributed by atoms with van der Waals surface area (Å²) in [7, 11) is 0. The normalized spacial score (nSPS) is 13.8. The van der Waals surface area contributed by atoms with Crippen molar-refractivity contribution < 1.29 is 23.9 Å². The van der Waals surface area contributed by atoms with Gasteiger partial charge < -0.3 is 9.47 Å². The zero-order valence-electron chi connectivity index (χ0n) is 13.9. The molecule has 1 aliphatic rings. The molecule has 1 aliphatic heterocycles. The zero-order chi connectivity index (χ0) is 17.4. The van der Waals surface area contributed by atoms with Gasteiger partial charge in [0.05, 0.1) is 12.2 Å². The van der Waals surface area contributed by atoms with Crippen LogP contribution in [0.25, 0.3) is 0 Å². The van der Waals surface area contributed by atoms with Crippen LogP contribution in [0, 0.1) is 6.92 Å². The van der Waals surface area contributed by atoms with E-state index in [-0.39, 0.29) is 18.8 Å². The number of esters is 1. The molecule has 0 N–H and O–H groups in total.